The van der Waals surface area contributed by atoms with Crippen LogP contribution in [0.15, 0.2) is 59.1 Å². The molecule has 0 fully saturated rings. The lowest BCUT2D eigenvalue weighted by atomic mass is 10.1. The number of hydrogen-bond donors (Lipinski definition) is 0. The average Bonchev–Trinajstić information content (AvgIpc) is 3.07. The first-order valence-corrected chi connectivity index (χ1v) is 7.99. The topological polar surface area (TPSA) is 57.4 Å². The SMILES string of the molecule is COc1cccc(C)c1Oc1ccc2c(-c3ccc(F)cc3)noc2n1. The van der Waals surface area contributed by atoms with Crippen LogP contribution in [0.1, 0.15) is 5.56 Å². The molecule has 0 radical (unpaired) electrons. The highest BCUT2D eigenvalue weighted by atomic mass is 19.1. The first-order chi connectivity index (χ1) is 12.7. The van der Waals surface area contributed by atoms with Crippen LogP contribution in [0.4, 0.5) is 4.39 Å². The summed E-state index contributed by atoms with van der Waals surface area (Å²) in [7, 11) is 1.59. The minimum absolute atomic E-state index is 0.303. The summed E-state index contributed by atoms with van der Waals surface area (Å²) in [4.78, 5) is 4.37. The lowest BCUT2D eigenvalue weighted by Crippen LogP contribution is -1.94. The van der Waals surface area contributed by atoms with Crippen LogP contribution in [-0.2, 0) is 0 Å². The lowest BCUT2D eigenvalue weighted by Gasteiger charge is -2.11. The first-order valence-electron chi connectivity index (χ1n) is 7.99. The molecular weight excluding hydrogens is 335 g/mol. The number of ether oxygens (including phenoxy) is 2. The summed E-state index contributed by atoms with van der Waals surface area (Å²) in [5.74, 6) is 1.28. The van der Waals surface area contributed by atoms with Crippen LogP contribution in [0.2, 0.25) is 0 Å². The fourth-order valence-electron chi connectivity index (χ4n) is 2.71. The van der Waals surface area contributed by atoms with Gasteiger partial charge in [0.15, 0.2) is 11.5 Å². The molecule has 4 rings (SSSR count). The molecular formula is C20H15FN2O3. The van der Waals surface area contributed by atoms with Gasteiger partial charge in [0.25, 0.3) is 5.71 Å². The summed E-state index contributed by atoms with van der Waals surface area (Å²) in [5.41, 5.74) is 2.62. The summed E-state index contributed by atoms with van der Waals surface area (Å²) in [5, 5.41) is 4.78. The number of benzene rings is 2. The number of rotatable bonds is 4. The molecule has 0 saturated heterocycles. The summed E-state index contributed by atoms with van der Waals surface area (Å²) < 4.78 is 29.7. The minimum Gasteiger partial charge on any atom is -0.493 e. The fraction of sp³-hybridized carbons (Fsp3) is 0.100. The van der Waals surface area contributed by atoms with E-state index < -0.39 is 0 Å². The third kappa shape index (κ3) is 2.86. The number of methoxy groups -OCH3 is 1. The quantitative estimate of drug-likeness (QED) is 0.510. The van der Waals surface area contributed by atoms with E-state index in [9.17, 15) is 4.39 Å². The average molecular weight is 350 g/mol. The monoisotopic (exact) mass is 350 g/mol. The van der Waals surface area contributed by atoms with E-state index in [1.165, 1.54) is 12.1 Å². The fourth-order valence-corrected chi connectivity index (χ4v) is 2.71. The second-order valence-corrected chi connectivity index (χ2v) is 5.75. The number of halogens is 1. The number of nitrogens with zero attached hydrogens (tertiary/aromatic N) is 2. The van der Waals surface area contributed by atoms with Crippen molar-refractivity contribution in [2.75, 3.05) is 7.11 Å². The van der Waals surface area contributed by atoms with E-state index in [-0.39, 0.29) is 5.82 Å². The Balaban J connectivity index is 1.71. The van der Waals surface area contributed by atoms with Crippen LogP contribution < -0.4 is 9.47 Å². The summed E-state index contributed by atoms with van der Waals surface area (Å²) in [6, 6.07) is 15.2. The second kappa shape index (κ2) is 6.48. The molecule has 0 aliphatic carbocycles. The normalized spacial score (nSPS) is 10.9. The Bertz CT molecular complexity index is 1070. The van der Waals surface area contributed by atoms with Gasteiger partial charge in [-0.15, -0.1) is 0 Å². The van der Waals surface area contributed by atoms with E-state index >= 15 is 0 Å². The molecule has 0 unspecified atom stereocenters. The van der Waals surface area contributed by atoms with Gasteiger partial charge in [-0.1, -0.05) is 17.3 Å². The Kier molecular flexibility index (Phi) is 4.01. The largest absolute Gasteiger partial charge is 0.493 e. The molecule has 0 atom stereocenters. The van der Waals surface area contributed by atoms with Crippen LogP contribution in [0.25, 0.3) is 22.4 Å². The highest BCUT2D eigenvalue weighted by Gasteiger charge is 2.15. The van der Waals surface area contributed by atoms with E-state index in [4.69, 9.17) is 14.0 Å². The molecule has 2 aromatic heterocycles. The zero-order chi connectivity index (χ0) is 18.1. The zero-order valence-electron chi connectivity index (χ0n) is 14.2. The van der Waals surface area contributed by atoms with Gasteiger partial charge in [0.05, 0.1) is 12.5 Å². The van der Waals surface area contributed by atoms with E-state index in [1.807, 2.05) is 31.2 Å². The van der Waals surface area contributed by atoms with Crippen LogP contribution >= 0.6 is 0 Å². The van der Waals surface area contributed by atoms with Crippen LogP contribution in [-0.4, -0.2) is 17.3 Å². The number of pyridine rings is 1. The third-order valence-electron chi connectivity index (χ3n) is 4.03. The van der Waals surface area contributed by atoms with Crippen molar-refractivity contribution >= 4 is 11.1 Å². The van der Waals surface area contributed by atoms with E-state index in [0.29, 0.717) is 28.8 Å². The molecule has 0 N–H and O–H groups in total. The Hall–Kier alpha value is -3.41. The Morgan fingerprint density at radius 2 is 1.81 bits per heavy atom. The maximum absolute atomic E-state index is 13.1. The molecule has 0 saturated carbocycles. The smallest absolute Gasteiger partial charge is 0.261 e. The molecule has 2 heterocycles. The number of fused-ring (bicyclic) bond motifs is 1. The lowest BCUT2D eigenvalue weighted by molar-refractivity contribution is 0.371. The van der Waals surface area contributed by atoms with Gasteiger partial charge in [-0.2, -0.15) is 4.98 Å². The number of hydrogen-bond acceptors (Lipinski definition) is 5. The van der Waals surface area contributed by atoms with Crippen LogP contribution in [0, 0.1) is 12.7 Å². The standard InChI is InChI=1S/C20H15FN2O3/c1-12-4-3-5-16(24-2)19(12)25-17-11-10-15-18(23-26-20(15)22-17)13-6-8-14(21)9-7-13/h3-11H,1-2H3. The predicted molar refractivity (Wildman–Crippen MR) is 95.0 cm³/mol. The highest BCUT2D eigenvalue weighted by Crippen LogP contribution is 2.35. The third-order valence-corrected chi connectivity index (χ3v) is 4.03. The Morgan fingerprint density at radius 1 is 1.00 bits per heavy atom. The number of aryl methyl sites for hydroxylation is 1. The van der Waals surface area contributed by atoms with Gasteiger partial charge in [-0.3, -0.25) is 0 Å². The summed E-state index contributed by atoms with van der Waals surface area (Å²) in [6.45, 7) is 1.93. The van der Waals surface area contributed by atoms with E-state index in [1.54, 1.807) is 25.3 Å². The molecule has 26 heavy (non-hydrogen) atoms. The van der Waals surface area contributed by atoms with Crippen molar-refractivity contribution in [3.63, 3.8) is 0 Å². The van der Waals surface area contributed by atoms with Crippen molar-refractivity contribution in [1.29, 1.82) is 0 Å². The van der Waals surface area contributed by atoms with Crippen LogP contribution in [0.3, 0.4) is 0 Å². The highest BCUT2D eigenvalue weighted by molar-refractivity contribution is 5.89. The van der Waals surface area contributed by atoms with E-state index in [2.05, 4.69) is 10.1 Å². The van der Waals surface area contributed by atoms with Gasteiger partial charge in [0.1, 0.15) is 11.5 Å². The van der Waals surface area contributed by atoms with Gasteiger partial charge in [0, 0.05) is 11.6 Å². The summed E-state index contributed by atoms with van der Waals surface area (Å²) in [6.07, 6.45) is 0. The van der Waals surface area contributed by atoms with Crippen molar-refractivity contribution in [1.82, 2.24) is 10.1 Å². The van der Waals surface area contributed by atoms with Gasteiger partial charge in [-0.05, 0) is 48.9 Å². The first kappa shape index (κ1) is 16.1. The molecule has 4 aromatic rings. The maximum Gasteiger partial charge on any atom is 0.261 e. The van der Waals surface area contributed by atoms with Crippen LogP contribution in [0.5, 0.6) is 17.4 Å². The molecule has 6 heteroatoms. The van der Waals surface area contributed by atoms with Crippen molar-refractivity contribution in [2.45, 2.75) is 6.92 Å². The van der Waals surface area contributed by atoms with Gasteiger partial charge in [-0.25, -0.2) is 4.39 Å². The zero-order valence-corrected chi connectivity index (χ0v) is 14.2. The Morgan fingerprint density at radius 3 is 2.58 bits per heavy atom. The number of aromatic nitrogens is 2. The second-order valence-electron chi connectivity index (χ2n) is 5.75. The van der Waals surface area contributed by atoms with Crippen molar-refractivity contribution < 1.29 is 18.4 Å². The van der Waals surface area contributed by atoms with E-state index in [0.717, 1.165) is 16.5 Å². The minimum atomic E-state index is -0.303. The molecule has 2 aromatic carbocycles. The van der Waals surface area contributed by atoms with Crippen molar-refractivity contribution in [3.8, 4) is 28.6 Å². The van der Waals surface area contributed by atoms with Gasteiger partial charge in [0.2, 0.25) is 5.88 Å². The predicted octanol–water partition coefficient (Wildman–Crippen LogP) is 5.14. The molecule has 0 aliphatic heterocycles. The van der Waals surface area contributed by atoms with Gasteiger partial charge < -0.3 is 14.0 Å². The molecule has 5 nitrogen and oxygen atoms in total. The summed E-state index contributed by atoms with van der Waals surface area (Å²) >= 11 is 0. The van der Waals surface area contributed by atoms with Crippen molar-refractivity contribution in [3.05, 3.63) is 66.0 Å². The molecule has 0 aliphatic rings. The maximum atomic E-state index is 13.1. The number of para-hydroxylation sites is 1. The molecule has 130 valence electrons. The van der Waals surface area contributed by atoms with Gasteiger partial charge >= 0.3 is 0 Å². The Labute approximate surface area is 149 Å². The molecule has 0 amide bonds. The van der Waals surface area contributed by atoms with Crippen molar-refractivity contribution in [2.24, 2.45) is 0 Å². The molecule has 0 bridgehead atoms. The molecule has 0 spiro atoms.